The van der Waals surface area contributed by atoms with Crippen molar-refractivity contribution in [1.82, 2.24) is 4.68 Å². The Labute approximate surface area is 171 Å². The average molecular weight is 409 g/mol. The van der Waals surface area contributed by atoms with Gasteiger partial charge in [0.25, 0.3) is 11.6 Å². The molecule has 0 aliphatic carbocycles. The molecule has 0 spiro atoms. The molecule has 9 nitrogen and oxygen atoms in total. The van der Waals surface area contributed by atoms with Crippen LogP contribution in [0.3, 0.4) is 0 Å². The van der Waals surface area contributed by atoms with E-state index in [0.717, 1.165) is 5.56 Å². The number of carboxylic acids is 1. The summed E-state index contributed by atoms with van der Waals surface area (Å²) in [5.74, 6) is -0.749. The maximum absolute atomic E-state index is 12.7. The zero-order valence-electron chi connectivity index (χ0n) is 16.1. The molecule has 0 bridgehead atoms. The first-order valence-corrected chi connectivity index (χ1v) is 9.01. The normalized spacial score (nSPS) is 10.4. The summed E-state index contributed by atoms with van der Waals surface area (Å²) in [7, 11) is 1.56. The molecule has 3 rings (SSSR count). The zero-order valence-corrected chi connectivity index (χ0v) is 16.1. The van der Waals surface area contributed by atoms with Crippen LogP contribution in [0.25, 0.3) is 11.3 Å². The molecule has 1 heterocycles. The first-order chi connectivity index (χ1) is 14.4. The number of non-ortho nitro benzene ring substituents is 1. The van der Waals surface area contributed by atoms with Gasteiger partial charge in [-0.25, -0.2) is 0 Å². The fourth-order valence-corrected chi connectivity index (χ4v) is 2.93. The molecule has 3 aromatic rings. The number of hydrogen-bond acceptors (Lipinski definition) is 5. The molecule has 1 aromatic heterocycles. The van der Waals surface area contributed by atoms with E-state index in [2.05, 4.69) is 5.43 Å². The number of aryl methyl sites for hydroxylation is 1. The van der Waals surface area contributed by atoms with Gasteiger partial charge in [-0.2, -0.15) is 0 Å². The minimum absolute atomic E-state index is 0.0977. The molecule has 2 N–H and O–H groups in total. The Morgan fingerprint density at radius 2 is 1.73 bits per heavy atom. The largest absolute Gasteiger partial charge is 0.497 e. The topological polar surface area (TPSA) is 124 Å². The second kappa shape index (κ2) is 8.91. The standard InChI is InChI=1S/C21H19N3O6/c1-30-18-10-4-14(5-11-18)19-12-8-16(9-13-20(25)26)23(19)22-21(27)15-2-6-17(7-3-15)24(28)29/h2-8,10-12H,9,13H2,1H3,(H,22,27)(H,25,26). The lowest BCUT2D eigenvalue weighted by Crippen LogP contribution is -2.25. The molecule has 0 radical (unpaired) electrons. The molecule has 1 amide bonds. The summed E-state index contributed by atoms with van der Waals surface area (Å²) in [5, 5.41) is 19.8. The third-order valence-corrected chi connectivity index (χ3v) is 4.50. The van der Waals surface area contributed by atoms with Crippen LogP contribution in [0, 0.1) is 10.1 Å². The van der Waals surface area contributed by atoms with Crippen molar-refractivity contribution in [3.05, 3.63) is 82.0 Å². The van der Waals surface area contributed by atoms with Gasteiger partial charge in [0.05, 0.1) is 24.1 Å². The molecule has 0 aliphatic rings. The first kappa shape index (κ1) is 20.6. The van der Waals surface area contributed by atoms with Crippen molar-refractivity contribution in [3.8, 4) is 17.0 Å². The Bertz CT molecular complexity index is 1070. The van der Waals surface area contributed by atoms with Crippen LogP contribution >= 0.6 is 0 Å². The molecule has 30 heavy (non-hydrogen) atoms. The van der Waals surface area contributed by atoms with Gasteiger partial charge in [-0.3, -0.25) is 29.8 Å². The minimum Gasteiger partial charge on any atom is -0.497 e. The number of carboxylic acid groups (broad SMARTS) is 1. The molecular weight excluding hydrogens is 390 g/mol. The molecule has 0 saturated heterocycles. The summed E-state index contributed by atoms with van der Waals surface area (Å²) in [6.45, 7) is 0. The number of carbonyl (C=O) groups is 2. The average Bonchev–Trinajstić information content (AvgIpc) is 3.14. The summed E-state index contributed by atoms with van der Waals surface area (Å²) in [6, 6.07) is 16.0. The molecule has 0 saturated carbocycles. The maximum Gasteiger partial charge on any atom is 0.303 e. The van der Waals surface area contributed by atoms with Gasteiger partial charge in [0.2, 0.25) is 0 Å². The van der Waals surface area contributed by atoms with Crippen LogP contribution in [-0.2, 0) is 11.2 Å². The summed E-state index contributed by atoms with van der Waals surface area (Å²) in [6.07, 6.45) is 0.117. The van der Waals surface area contributed by atoms with E-state index in [-0.39, 0.29) is 24.1 Å². The SMILES string of the molecule is COc1ccc(-c2ccc(CCC(=O)O)n2NC(=O)c2ccc([N+](=O)[O-])cc2)cc1. The van der Waals surface area contributed by atoms with E-state index in [1.165, 1.54) is 28.9 Å². The highest BCUT2D eigenvalue weighted by atomic mass is 16.6. The van der Waals surface area contributed by atoms with Gasteiger partial charge < -0.3 is 9.84 Å². The van der Waals surface area contributed by atoms with E-state index in [4.69, 9.17) is 9.84 Å². The van der Waals surface area contributed by atoms with Crippen molar-refractivity contribution < 1.29 is 24.4 Å². The Morgan fingerprint density at radius 3 is 2.30 bits per heavy atom. The summed E-state index contributed by atoms with van der Waals surface area (Å²) in [5.41, 5.74) is 4.94. The third kappa shape index (κ3) is 4.64. The fourth-order valence-electron chi connectivity index (χ4n) is 2.93. The smallest absolute Gasteiger partial charge is 0.303 e. The number of ether oxygens (including phenoxy) is 1. The molecule has 9 heteroatoms. The number of carbonyl (C=O) groups excluding carboxylic acids is 1. The van der Waals surface area contributed by atoms with Gasteiger partial charge >= 0.3 is 5.97 Å². The van der Waals surface area contributed by atoms with Crippen LogP contribution in [0.15, 0.2) is 60.7 Å². The zero-order chi connectivity index (χ0) is 21.7. The van der Waals surface area contributed by atoms with Gasteiger partial charge in [0.15, 0.2) is 0 Å². The predicted molar refractivity (Wildman–Crippen MR) is 109 cm³/mol. The molecule has 0 fully saturated rings. The molecule has 0 unspecified atom stereocenters. The summed E-state index contributed by atoms with van der Waals surface area (Å²) in [4.78, 5) is 34.0. The number of rotatable bonds is 8. The lowest BCUT2D eigenvalue weighted by atomic mass is 10.1. The van der Waals surface area contributed by atoms with Crippen LogP contribution in [0.1, 0.15) is 22.5 Å². The number of aliphatic carboxylic acids is 1. The number of aromatic nitrogens is 1. The number of benzene rings is 2. The van der Waals surface area contributed by atoms with E-state index in [1.54, 1.807) is 31.4 Å². The van der Waals surface area contributed by atoms with Crippen molar-refractivity contribution in [2.24, 2.45) is 0 Å². The number of nitrogens with zero attached hydrogens (tertiary/aromatic N) is 2. The summed E-state index contributed by atoms with van der Waals surface area (Å²) >= 11 is 0. The Kier molecular flexibility index (Phi) is 6.11. The van der Waals surface area contributed by atoms with Crippen LogP contribution < -0.4 is 10.2 Å². The number of nitro groups is 1. The predicted octanol–water partition coefficient (Wildman–Crippen LogP) is 3.47. The van der Waals surface area contributed by atoms with E-state index in [1.807, 2.05) is 12.1 Å². The van der Waals surface area contributed by atoms with Crippen LogP contribution in [0.2, 0.25) is 0 Å². The monoisotopic (exact) mass is 409 g/mol. The number of hydrogen-bond donors (Lipinski definition) is 2. The molecule has 0 aliphatic heterocycles. The van der Waals surface area contributed by atoms with Crippen LogP contribution in [0.5, 0.6) is 5.75 Å². The second-order valence-electron chi connectivity index (χ2n) is 6.41. The Morgan fingerprint density at radius 1 is 1.07 bits per heavy atom. The van der Waals surface area contributed by atoms with Crippen LogP contribution in [0.4, 0.5) is 5.69 Å². The lowest BCUT2D eigenvalue weighted by molar-refractivity contribution is -0.384. The van der Waals surface area contributed by atoms with E-state index in [0.29, 0.717) is 17.1 Å². The van der Waals surface area contributed by atoms with Gasteiger partial charge in [-0.15, -0.1) is 0 Å². The first-order valence-electron chi connectivity index (χ1n) is 9.01. The van der Waals surface area contributed by atoms with Gasteiger partial charge in [-0.05, 0) is 48.5 Å². The van der Waals surface area contributed by atoms with Crippen molar-refractivity contribution in [2.45, 2.75) is 12.8 Å². The van der Waals surface area contributed by atoms with E-state index < -0.39 is 16.8 Å². The van der Waals surface area contributed by atoms with Gasteiger partial charge in [-0.1, -0.05) is 0 Å². The highest BCUT2D eigenvalue weighted by Crippen LogP contribution is 2.25. The van der Waals surface area contributed by atoms with Gasteiger partial charge in [0.1, 0.15) is 5.75 Å². The Balaban J connectivity index is 1.92. The fraction of sp³-hybridized carbons (Fsp3) is 0.143. The third-order valence-electron chi connectivity index (χ3n) is 4.50. The second-order valence-corrected chi connectivity index (χ2v) is 6.41. The number of amides is 1. The quantitative estimate of drug-likeness (QED) is 0.434. The van der Waals surface area contributed by atoms with Crippen molar-refractivity contribution in [2.75, 3.05) is 12.5 Å². The van der Waals surface area contributed by atoms with E-state index >= 15 is 0 Å². The minimum atomic E-state index is -0.949. The number of nitrogens with one attached hydrogen (secondary N) is 1. The van der Waals surface area contributed by atoms with Crippen molar-refractivity contribution in [1.29, 1.82) is 0 Å². The molecule has 0 atom stereocenters. The lowest BCUT2D eigenvalue weighted by Gasteiger charge is -2.15. The maximum atomic E-state index is 12.7. The number of nitro benzene ring substituents is 1. The van der Waals surface area contributed by atoms with Crippen molar-refractivity contribution in [3.63, 3.8) is 0 Å². The number of methoxy groups -OCH3 is 1. The highest BCUT2D eigenvalue weighted by Gasteiger charge is 2.16. The molecular formula is C21H19N3O6. The highest BCUT2D eigenvalue weighted by molar-refractivity contribution is 6.00. The van der Waals surface area contributed by atoms with Crippen molar-refractivity contribution >= 4 is 17.6 Å². The summed E-state index contributed by atoms with van der Waals surface area (Å²) < 4.78 is 6.70. The van der Waals surface area contributed by atoms with E-state index in [9.17, 15) is 19.7 Å². The Hall–Kier alpha value is -4.14. The molecule has 2 aromatic carbocycles. The van der Waals surface area contributed by atoms with Crippen LogP contribution in [-0.4, -0.2) is 33.7 Å². The molecule has 154 valence electrons. The van der Waals surface area contributed by atoms with Gasteiger partial charge in [0, 0.05) is 35.4 Å².